The van der Waals surface area contributed by atoms with Gasteiger partial charge in [0.2, 0.25) is 0 Å². The summed E-state index contributed by atoms with van der Waals surface area (Å²) < 4.78 is 1.97. The Morgan fingerprint density at radius 2 is 1.68 bits per heavy atom. The third kappa shape index (κ3) is 2.43. The number of rotatable bonds is 3. The van der Waals surface area contributed by atoms with Crippen LogP contribution in [0.1, 0.15) is 5.56 Å². The Morgan fingerprint density at radius 3 is 2.36 bits per heavy atom. The maximum Gasteiger partial charge on any atom is 0.284 e. The fourth-order valence-corrected chi connectivity index (χ4v) is 3.30. The number of nitrogens with zero attached hydrogens (tertiary/aromatic N) is 3. The van der Waals surface area contributed by atoms with E-state index in [2.05, 4.69) is 0 Å². The molecule has 6 heteroatoms. The molecule has 3 aromatic rings. The monoisotopic (exact) mass is 334 g/mol. The number of nitro groups is 1. The van der Waals surface area contributed by atoms with Crippen LogP contribution in [0.4, 0.5) is 17.2 Å². The Balaban J connectivity index is 1.86. The smallest absolute Gasteiger partial charge is 0.284 e. The first-order valence-corrected chi connectivity index (χ1v) is 7.91. The zero-order chi connectivity index (χ0) is 17.4. The first kappa shape index (κ1) is 15.3. The molecule has 1 unspecified atom stereocenters. The lowest BCUT2D eigenvalue weighted by molar-refractivity contribution is -0.683. The fraction of sp³-hybridized carbons (Fsp3) is 0.105. The molecule has 124 valence electrons. The summed E-state index contributed by atoms with van der Waals surface area (Å²) in [6, 6.07) is 21.4. The molecule has 1 N–H and O–H groups in total. The molecule has 0 radical (unpaired) electrons. The van der Waals surface area contributed by atoms with E-state index in [4.69, 9.17) is 0 Å². The highest BCUT2D eigenvalue weighted by molar-refractivity contribution is 5.62. The number of hydrogen-bond acceptors (Lipinski definition) is 4. The highest BCUT2D eigenvalue weighted by Gasteiger charge is 2.52. The molecule has 2 aromatic carbocycles. The Bertz CT molecular complexity index is 928. The standard InChI is InChI=1S/C19H16N3O3/c23-19(15-9-11-17(12-10-15)22(24)25)14-20-13-5-4-8-18(20)21(19)16-6-2-1-3-7-16/h1-13,23H,14H2/q+1. The van der Waals surface area contributed by atoms with E-state index in [1.807, 2.05) is 64.2 Å². The maximum absolute atomic E-state index is 11.6. The van der Waals surface area contributed by atoms with E-state index in [9.17, 15) is 15.2 Å². The van der Waals surface area contributed by atoms with Crippen LogP contribution < -0.4 is 9.47 Å². The second-order valence-corrected chi connectivity index (χ2v) is 5.98. The average Bonchev–Trinajstić information content (AvgIpc) is 2.95. The van der Waals surface area contributed by atoms with E-state index < -0.39 is 10.6 Å². The molecule has 0 aliphatic carbocycles. The van der Waals surface area contributed by atoms with Gasteiger partial charge >= 0.3 is 0 Å². The van der Waals surface area contributed by atoms with Crippen molar-refractivity contribution in [2.75, 3.05) is 4.90 Å². The SMILES string of the molecule is O=[N+]([O-])c1ccc(C2(O)C[n+]3ccccc3N2c2ccccc2)cc1. The Kier molecular flexibility index (Phi) is 3.47. The van der Waals surface area contributed by atoms with Gasteiger partial charge in [-0.15, -0.1) is 0 Å². The molecule has 0 saturated carbocycles. The predicted molar refractivity (Wildman–Crippen MR) is 92.2 cm³/mol. The number of pyridine rings is 1. The van der Waals surface area contributed by atoms with Crippen LogP contribution in [0.15, 0.2) is 79.0 Å². The van der Waals surface area contributed by atoms with Crippen molar-refractivity contribution in [1.29, 1.82) is 0 Å². The first-order valence-electron chi connectivity index (χ1n) is 7.91. The van der Waals surface area contributed by atoms with Crippen LogP contribution in [-0.2, 0) is 12.3 Å². The fourth-order valence-electron chi connectivity index (χ4n) is 3.30. The van der Waals surface area contributed by atoms with Gasteiger partial charge in [-0.05, 0) is 30.3 Å². The summed E-state index contributed by atoms with van der Waals surface area (Å²) in [6.07, 6.45) is 1.91. The lowest BCUT2D eigenvalue weighted by atomic mass is 10.0. The van der Waals surface area contributed by atoms with Crippen molar-refractivity contribution in [2.45, 2.75) is 12.3 Å². The van der Waals surface area contributed by atoms with Gasteiger partial charge in [0.1, 0.15) is 5.69 Å². The summed E-state index contributed by atoms with van der Waals surface area (Å²) in [5.74, 6) is 0.856. The van der Waals surface area contributed by atoms with Crippen molar-refractivity contribution in [3.63, 3.8) is 0 Å². The van der Waals surface area contributed by atoms with E-state index in [-0.39, 0.29) is 5.69 Å². The summed E-state index contributed by atoms with van der Waals surface area (Å²) in [7, 11) is 0. The minimum atomic E-state index is -1.33. The molecule has 0 saturated heterocycles. The summed E-state index contributed by atoms with van der Waals surface area (Å²) in [5, 5.41) is 22.5. The quantitative estimate of drug-likeness (QED) is 0.454. The van der Waals surface area contributed by atoms with E-state index >= 15 is 0 Å². The molecule has 6 nitrogen and oxygen atoms in total. The van der Waals surface area contributed by atoms with Gasteiger partial charge in [-0.1, -0.05) is 24.3 Å². The molecular formula is C19H16N3O3+. The highest BCUT2D eigenvalue weighted by Crippen LogP contribution is 2.41. The molecule has 1 aliphatic rings. The van der Waals surface area contributed by atoms with Crippen LogP contribution in [0.25, 0.3) is 0 Å². The average molecular weight is 334 g/mol. The van der Waals surface area contributed by atoms with Crippen LogP contribution in [0, 0.1) is 10.1 Å². The largest absolute Gasteiger partial charge is 0.346 e. The van der Waals surface area contributed by atoms with Gasteiger partial charge in [-0.2, -0.15) is 4.90 Å². The van der Waals surface area contributed by atoms with Crippen LogP contribution >= 0.6 is 0 Å². The summed E-state index contributed by atoms with van der Waals surface area (Å²) in [6.45, 7) is 0.329. The Labute approximate surface area is 144 Å². The Hall–Kier alpha value is -3.25. The molecule has 4 rings (SSSR count). The number of anilines is 2. The molecule has 25 heavy (non-hydrogen) atoms. The number of aliphatic hydroxyl groups is 1. The zero-order valence-electron chi connectivity index (χ0n) is 13.3. The molecule has 2 heterocycles. The van der Waals surface area contributed by atoms with Gasteiger partial charge in [-0.25, -0.2) is 4.57 Å². The summed E-state index contributed by atoms with van der Waals surface area (Å²) in [4.78, 5) is 12.3. The van der Waals surface area contributed by atoms with Gasteiger partial charge in [0.25, 0.3) is 17.2 Å². The third-order valence-corrected chi connectivity index (χ3v) is 4.46. The highest BCUT2D eigenvalue weighted by atomic mass is 16.6. The van der Waals surface area contributed by atoms with E-state index in [1.54, 1.807) is 12.1 Å². The summed E-state index contributed by atoms with van der Waals surface area (Å²) >= 11 is 0. The first-order chi connectivity index (χ1) is 12.1. The molecule has 1 atom stereocenters. The van der Waals surface area contributed by atoms with Crippen molar-refractivity contribution < 1.29 is 14.6 Å². The topological polar surface area (TPSA) is 70.5 Å². The molecule has 0 fully saturated rings. The second-order valence-electron chi connectivity index (χ2n) is 5.98. The van der Waals surface area contributed by atoms with E-state index in [0.29, 0.717) is 12.1 Å². The van der Waals surface area contributed by atoms with Crippen LogP contribution in [0.2, 0.25) is 0 Å². The maximum atomic E-state index is 11.6. The molecule has 1 aromatic heterocycles. The molecule has 1 aliphatic heterocycles. The van der Waals surface area contributed by atoms with Crippen LogP contribution in [0.3, 0.4) is 0 Å². The number of para-hydroxylation sites is 1. The number of aromatic nitrogens is 1. The van der Waals surface area contributed by atoms with E-state index in [1.165, 1.54) is 12.1 Å². The van der Waals surface area contributed by atoms with Crippen molar-refractivity contribution in [1.82, 2.24) is 0 Å². The van der Waals surface area contributed by atoms with Gasteiger partial charge in [0, 0.05) is 23.8 Å². The number of non-ortho nitro benzene ring substituents is 1. The number of benzene rings is 2. The van der Waals surface area contributed by atoms with Crippen molar-refractivity contribution in [3.05, 3.63) is 94.7 Å². The molecule has 0 spiro atoms. The lowest BCUT2D eigenvalue weighted by Gasteiger charge is -2.27. The van der Waals surface area contributed by atoms with Crippen molar-refractivity contribution in [2.24, 2.45) is 0 Å². The molecular weight excluding hydrogens is 318 g/mol. The number of hydrogen-bond donors (Lipinski definition) is 1. The molecule has 0 amide bonds. The number of fused-ring (bicyclic) bond motifs is 1. The lowest BCUT2D eigenvalue weighted by Crippen LogP contribution is -2.43. The van der Waals surface area contributed by atoms with Crippen LogP contribution in [-0.4, -0.2) is 10.0 Å². The van der Waals surface area contributed by atoms with Gasteiger partial charge in [0.05, 0.1) is 11.1 Å². The van der Waals surface area contributed by atoms with Crippen LogP contribution in [0.5, 0.6) is 0 Å². The Morgan fingerprint density at radius 1 is 1.00 bits per heavy atom. The minimum Gasteiger partial charge on any atom is -0.346 e. The summed E-state index contributed by atoms with van der Waals surface area (Å²) in [5.41, 5.74) is 0.124. The van der Waals surface area contributed by atoms with E-state index in [0.717, 1.165) is 11.5 Å². The van der Waals surface area contributed by atoms with Crippen molar-refractivity contribution >= 4 is 17.2 Å². The van der Waals surface area contributed by atoms with Gasteiger partial charge < -0.3 is 5.11 Å². The van der Waals surface area contributed by atoms with Gasteiger partial charge in [0.15, 0.2) is 6.54 Å². The van der Waals surface area contributed by atoms with Gasteiger partial charge in [-0.3, -0.25) is 10.1 Å². The number of nitro benzene ring substituents is 1. The normalized spacial score (nSPS) is 18.8. The minimum absolute atomic E-state index is 0.00164. The zero-order valence-corrected chi connectivity index (χ0v) is 13.3. The second kappa shape index (κ2) is 5.68. The third-order valence-electron chi connectivity index (χ3n) is 4.46. The molecule has 0 bridgehead atoms. The predicted octanol–water partition coefficient (Wildman–Crippen LogP) is 2.88. The van der Waals surface area contributed by atoms with Crippen molar-refractivity contribution in [3.8, 4) is 0 Å².